The molecule has 2 aliphatic rings. The number of methoxy groups -OCH3 is 1. The summed E-state index contributed by atoms with van der Waals surface area (Å²) in [7, 11) is 1.27. The zero-order valence-electron chi connectivity index (χ0n) is 24.6. The molecular weight excluding hydrogens is 510 g/mol. The van der Waals surface area contributed by atoms with E-state index in [1.807, 2.05) is 48.5 Å². The molecule has 9 heteroatoms. The van der Waals surface area contributed by atoms with E-state index >= 15 is 0 Å². The molecule has 2 N–H and O–H groups in total. The molecule has 2 amide bonds. The highest BCUT2D eigenvalue weighted by atomic mass is 16.6. The average Bonchev–Trinajstić information content (AvgIpc) is 2.95. The maximum atomic E-state index is 14.6. The summed E-state index contributed by atoms with van der Waals surface area (Å²) in [6.07, 6.45) is -0.395. The first-order chi connectivity index (χ1) is 18.5. The van der Waals surface area contributed by atoms with Crippen molar-refractivity contribution in [2.45, 2.75) is 89.6 Å². The number of hydrogen-bond acceptors (Lipinski definition) is 6. The number of amides is 2. The SMILES string of the molecule is COC(=O)[C@@H]1[C@@H](NC(=O)C2(NC(=O)OC(C)(C)C)Cc3ccccc3-c3ccccc3C2)C(C)(C)N([O])C1(C)C. The third kappa shape index (κ3) is 5.20. The lowest BCUT2D eigenvalue weighted by Crippen LogP contribution is -2.66. The average molecular weight is 551 g/mol. The molecule has 1 heterocycles. The second-order valence-electron chi connectivity index (χ2n) is 12.9. The fraction of sp³-hybridized carbons (Fsp3) is 0.516. The second kappa shape index (κ2) is 10.2. The van der Waals surface area contributed by atoms with Crippen molar-refractivity contribution >= 4 is 18.0 Å². The summed E-state index contributed by atoms with van der Waals surface area (Å²) in [6, 6.07) is 14.7. The molecule has 9 nitrogen and oxygen atoms in total. The maximum Gasteiger partial charge on any atom is 0.408 e. The number of fused-ring (bicyclic) bond motifs is 3. The van der Waals surface area contributed by atoms with Gasteiger partial charge in [-0.15, -0.1) is 10.3 Å². The van der Waals surface area contributed by atoms with E-state index < -0.39 is 52.1 Å². The normalized spacial score (nSPS) is 22.7. The molecule has 1 saturated heterocycles. The van der Waals surface area contributed by atoms with Crippen LogP contribution in [0.3, 0.4) is 0 Å². The van der Waals surface area contributed by atoms with Crippen molar-refractivity contribution in [2.24, 2.45) is 5.92 Å². The van der Waals surface area contributed by atoms with Crippen LogP contribution in [-0.4, -0.2) is 58.4 Å². The molecule has 2 aromatic carbocycles. The van der Waals surface area contributed by atoms with Gasteiger partial charge in [-0.25, -0.2) is 4.79 Å². The molecule has 1 radical (unpaired) electrons. The van der Waals surface area contributed by atoms with Gasteiger partial charge in [0, 0.05) is 12.8 Å². The van der Waals surface area contributed by atoms with Crippen molar-refractivity contribution in [3.05, 3.63) is 59.7 Å². The first kappa shape index (κ1) is 29.6. The standard InChI is InChI=1S/C31H40N3O6/c1-28(2,3)40-27(37)33-31(17-19-13-9-11-15-21(19)22-16-12-10-14-20(22)18-31)26(36)32-24-23(25(35)39-8)29(4,5)34(38)30(24,6)7/h9-16,23-24H,17-18H2,1-8H3,(H,32,36)(H,33,37)/t23-,24+/m0/s1. The second-order valence-corrected chi connectivity index (χ2v) is 12.9. The third-order valence-corrected chi connectivity index (χ3v) is 8.13. The monoisotopic (exact) mass is 550 g/mol. The first-order valence-electron chi connectivity index (χ1n) is 13.6. The van der Waals surface area contributed by atoms with Crippen molar-refractivity contribution < 1.29 is 29.1 Å². The molecule has 0 unspecified atom stereocenters. The molecule has 1 fully saturated rings. The number of esters is 1. The molecule has 0 saturated carbocycles. The Bertz CT molecular complexity index is 1260. The van der Waals surface area contributed by atoms with E-state index in [0.717, 1.165) is 27.3 Å². The Kier molecular flexibility index (Phi) is 7.53. The van der Waals surface area contributed by atoms with Gasteiger partial charge in [-0.3, -0.25) is 9.59 Å². The lowest BCUT2D eigenvalue weighted by molar-refractivity contribution is -0.250. The fourth-order valence-corrected chi connectivity index (χ4v) is 6.29. The van der Waals surface area contributed by atoms with Gasteiger partial charge in [-0.1, -0.05) is 48.5 Å². The molecule has 215 valence electrons. The number of hydrogen-bond donors (Lipinski definition) is 2. The molecule has 4 rings (SSSR count). The smallest absolute Gasteiger partial charge is 0.408 e. The Hall–Kier alpha value is -3.43. The predicted molar refractivity (Wildman–Crippen MR) is 150 cm³/mol. The van der Waals surface area contributed by atoms with Gasteiger partial charge >= 0.3 is 12.1 Å². The summed E-state index contributed by atoms with van der Waals surface area (Å²) in [5.41, 5.74) is -0.881. The van der Waals surface area contributed by atoms with Crippen molar-refractivity contribution in [3.8, 4) is 11.1 Å². The van der Waals surface area contributed by atoms with Crippen LogP contribution in [0.1, 0.15) is 59.6 Å². The van der Waals surface area contributed by atoms with E-state index in [-0.39, 0.29) is 12.8 Å². The number of hydroxylamine groups is 2. The van der Waals surface area contributed by atoms with Crippen LogP contribution in [0.25, 0.3) is 11.1 Å². The van der Waals surface area contributed by atoms with E-state index in [9.17, 15) is 19.6 Å². The number of rotatable bonds is 4. The summed E-state index contributed by atoms with van der Waals surface area (Å²) < 4.78 is 10.7. The van der Waals surface area contributed by atoms with Gasteiger partial charge in [0.1, 0.15) is 11.1 Å². The van der Waals surface area contributed by atoms with Crippen LogP contribution < -0.4 is 10.6 Å². The van der Waals surface area contributed by atoms with Crippen LogP contribution in [0.2, 0.25) is 0 Å². The van der Waals surface area contributed by atoms with E-state index in [1.165, 1.54) is 7.11 Å². The van der Waals surface area contributed by atoms with E-state index in [2.05, 4.69) is 10.6 Å². The summed E-state index contributed by atoms with van der Waals surface area (Å²) in [5, 5.41) is 20.2. The molecular formula is C31H40N3O6. The number of nitrogens with one attached hydrogen (secondary N) is 2. The summed E-state index contributed by atoms with van der Waals surface area (Å²) in [5.74, 6) is -2.05. The van der Waals surface area contributed by atoms with E-state index in [1.54, 1.807) is 48.5 Å². The zero-order chi connectivity index (χ0) is 29.7. The summed E-state index contributed by atoms with van der Waals surface area (Å²) in [6.45, 7) is 12.0. The van der Waals surface area contributed by atoms with Crippen molar-refractivity contribution in [1.82, 2.24) is 15.7 Å². The quantitative estimate of drug-likeness (QED) is 0.551. The summed E-state index contributed by atoms with van der Waals surface area (Å²) >= 11 is 0. The number of carbonyl (C=O) groups is 3. The van der Waals surface area contributed by atoms with E-state index in [0.29, 0.717) is 0 Å². The Morgan fingerprint density at radius 2 is 1.38 bits per heavy atom. The minimum Gasteiger partial charge on any atom is -0.469 e. The molecule has 1 aliphatic heterocycles. The Morgan fingerprint density at radius 3 is 1.85 bits per heavy atom. The van der Waals surface area contributed by atoms with Crippen LogP contribution >= 0.6 is 0 Å². The van der Waals surface area contributed by atoms with Gasteiger partial charge in [0.2, 0.25) is 5.91 Å². The minimum atomic E-state index is -1.48. The highest BCUT2D eigenvalue weighted by Gasteiger charge is 2.63. The molecule has 40 heavy (non-hydrogen) atoms. The zero-order valence-corrected chi connectivity index (χ0v) is 24.6. The van der Waals surface area contributed by atoms with E-state index in [4.69, 9.17) is 9.47 Å². The predicted octanol–water partition coefficient (Wildman–Crippen LogP) is 4.21. The summed E-state index contributed by atoms with van der Waals surface area (Å²) in [4.78, 5) is 40.8. The van der Waals surface area contributed by atoms with Gasteiger partial charge in [-0.2, -0.15) is 0 Å². The van der Waals surface area contributed by atoms with Crippen molar-refractivity contribution in [2.75, 3.05) is 7.11 Å². The highest BCUT2D eigenvalue weighted by Crippen LogP contribution is 2.45. The maximum absolute atomic E-state index is 14.6. The highest BCUT2D eigenvalue weighted by molar-refractivity contribution is 5.93. The fourth-order valence-electron chi connectivity index (χ4n) is 6.29. The minimum absolute atomic E-state index is 0.170. The van der Waals surface area contributed by atoms with Gasteiger partial charge in [0.15, 0.2) is 0 Å². The Labute approximate surface area is 236 Å². The molecule has 0 aromatic heterocycles. The number of alkyl carbamates (subject to hydrolysis) is 1. The van der Waals surface area contributed by atoms with Gasteiger partial charge in [-0.05, 0) is 70.7 Å². The lowest BCUT2D eigenvalue weighted by Gasteiger charge is -2.38. The molecule has 0 spiro atoms. The lowest BCUT2D eigenvalue weighted by atomic mass is 9.80. The topological polar surface area (TPSA) is 117 Å². The Balaban J connectivity index is 1.83. The van der Waals surface area contributed by atoms with Crippen LogP contribution in [0.4, 0.5) is 4.79 Å². The number of nitrogens with zero attached hydrogens (tertiary/aromatic N) is 1. The molecule has 2 atom stereocenters. The van der Waals surface area contributed by atoms with Gasteiger partial charge in [0.25, 0.3) is 0 Å². The number of ether oxygens (including phenoxy) is 2. The molecule has 2 aromatic rings. The number of benzene rings is 2. The van der Waals surface area contributed by atoms with Crippen molar-refractivity contribution in [1.29, 1.82) is 0 Å². The van der Waals surface area contributed by atoms with Crippen molar-refractivity contribution in [3.63, 3.8) is 0 Å². The van der Waals surface area contributed by atoms with Crippen LogP contribution in [0, 0.1) is 5.92 Å². The third-order valence-electron chi connectivity index (χ3n) is 8.13. The largest absolute Gasteiger partial charge is 0.469 e. The van der Waals surface area contributed by atoms with Crippen LogP contribution in [-0.2, 0) is 37.1 Å². The molecule has 0 bridgehead atoms. The first-order valence-corrected chi connectivity index (χ1v) is 13.6. The Morgan fingerprint density at radius 1 is 0.875 bits per heavy atom. The van der Waals surface area contributed by atoms with Gasteiger partial charge < -0.3 is 20.1 Å². The number of carbonyl (C=O) groups excluding carboxylic acids is 3. The van der Waals surface area contributed by atoms with Crippen LogP contribution in [0.5, 0.6) is 0 Å². The van der Waals surface area contributed by atoms with Gasteiger partial charge in [0.05, 0.1) is 30.1 Å². The molecule has 1 aliphatic carbocycles. The van der Waals surface area contributed by atoms with Crippen LogP contribution in [0.15, 0.2) is 48.5 Å².